The summed E-state index contributed by atoms with van der Waals surface area (Å²) in [5.74, 6) is 0. The Morgan fingerprint density at radius 1 is 0.815 bits per heavy atom. The molecule has 0 saturated carbocycles. The molecule has 4 N–H and O–H groups in total. The van der Waals surface area contributed by atoms with Crippen LogP contribution < -0.4 is 10.6 Å². The van der Waals surface area contributed by atoms with Gasteiger partial charge in [0.2, 0.25) is 0 Å². The van der Waals surface area contributed by atoms with Crippen LogP contribution in [0.3, 0.4) is 0 Å². The van der Waals surface area contributed by atoms with Crippen LogP contribution in [0.25, 0.3) is 0 Å². The molecule has 2 heterocycles. The third kappa shape index (κ3) is 5.11. The fourth-order valence-corrected chi connectivity index (χ4v) is 3.09. The van der Waals surface area contributed by atoms with Gasteiger partial charge in [-0.15, -0.1) is 0 Å². The van der Waals surface area contributed by atoms with Crippen molar-refractivity contribution in [1.82, 2.24) is 5.32 Å². The molecule has 0 fully saturated rings. The summed E-state index contributed by atoms with van der Waals surface area (Å²) in [6, 6.07) is 15.6. The van der Waals surface area contributed by atoms with Gasteiger partial charge in [-0.1, -0.05) is 42.5 Å². The van der Waals surface area contributed by atoms with Gasteiger partial charge in [0, 0.05) is 25.1 Å². The number of fused-ring (bicyclic) bond motifs is 2. The minimum atomic E-state index is -1.25. The molecule has 0 radical (unpaired) electrons. The summed E-state index contributed by atoms with van der Waals surface area (Å²) in [6.07, 6.45) is -2.13. The van der Waals surface area contributed by atoms with Crippen molar-refractivity contribution in [3.05, 3.63) is 65.2 Å². The first-order valence-electron chi connectivity index (χ1n) is 8.45. The van der Waals surface area contributed by atoms with Crippen molar-refractivity contribution < 1.29 is 29.3 Å². The second-order valence-corrected chi connectivity index (χ2v) is 6.10. The smallest absolute Gasteiger partial charge is 0.450 e. The Bertz CT molecular complexity index is 800. The van der Waals surface area contributed by atoms with Crippen LogP contribution in [0.1, 0.15) is 16.7 Å². The average molecular weight is 372 g/mol. The molecule has 4 rings (SSSR count). The van der Waals surface area contributed by atoms with Crippen LogP contribution >= 0.6 is 0 Å². The van der Waals surface area contributed by atoms with Gasteiger partial charge < -0.3 is 25.0 Å². The Balaban J connectivity index is 0.000000156. The molecule has 142 valence electrons. The van der Waals surface area contributed by atoms with Crippen molar-refractivity contribution in [1.29, 1.82) is 0 Å². The molecule has 2 aliphatic heterocycles. The predicted molar refractivity (Wildman–Crippen MR) is 96.6 cm³/mol. The normalized spacial score (nSPS) is 19.4. The number of ether oxygens (including phenoxy) is 2. The first kappa shape index (κ1) is 18.5. The summed E-state index contributed by atoms with van der Waals surface area (Å²) < 4.78 is 9.25. The molecule has 0 amide bonds. The number of para-hydroxylation sites is 1. The van der Waals surface area contributed by atoms with Gasteiger partial charge in [0.05, 0.1) is 0 Å². The molecular formula is C19H20N2O6. The number of anilines is 1. The van der Waals surface area contributed by atoms with Gasteiger partial charge >= 0.3 is 12.3 Å². The zero-order valence-corrected chi connectivity index (χ0v) is 14.4. The van der Waals surface area contributed by atoms with Crippen molar-refractivity contribution >= 4 is 18.0 Å². The molecule has 8 nitrogen and oxygen atoms in total. The highest BCUT2D eigenvalue weighted by atomic mass is 16.7. The minimum Gasteiger partial charge on any atom is -0.450 e. The molecule has 2 aromatic carbocycles. The maximum absolute atomic E-state index is 10.3. The summed E-state index contributed by atoms with van der Waals surface area (Å²) in [4.78, 5) is 20.6. The van der Waals surface area contributed by atoms with E-state index in [1.807, 2.05) is 48.5 Å². The number of hydrogen-bond acceptors (Lipinski definition) is 6. The Kier molecular flexibility index (Phi) is 5.77. The van der Waals surface area contributed by atoms with Crippen LogP contribution in [0.2, 0.25) is 0 Å². The standard InChI is InChI=1S/C10H11NO3.C9H9NO3/c12-10(13)14-9-5-7-3-1-2-4-8(7)6-11-9;11-9(12)13-8-5-6-3-1-2-4-7(6)10-8/h1-4,9,11H,5-6H2,(H,12,13);1-4,8,10H,5H2,(H,11,12). The molecule has 2 atom stereocenters. The number of hydrogen-bond donors (Lipinski definition) is 4. The molecule has 8 heteroatoms. The average Bonchev–Trinajstić information content (AvgIpc) is 3.03. The lowest BCUT2D eigenvalue weighted by Crippen LogP contribution is -2.38. The Labute approximate surface area is 155 Å². The second-order valence-electron chi connectivity index (χ2n) is 6.10. The van der Waals surface area contributed by atoms with Crippen molar-refractivity contribution in [2.45, 2.75) is 31.8 Å². The maximum Gasteiger partial charge on any atom is 0.507 e. The molecule has 0 aliphatic carbocycles. The van der Waals surface area contributed by atoms with E-state index < -0.39 is 24.8 Å². The van der Waals surface area contributed by atoms with E-state index in [1.165, 1.54) is 5.56 Å². The van der Waals surface area contributed by atoms with Crippen molar-refractivity contribution in [3.63, 3.8) is 0 Å². The van der Waals surface area contributed by atoms with E-state index in [0.29, 0.717) is 19.4 Å². The maximum atomic E-state index is 10.3. The fraction of sp³-hybridized carbons (Fsp3) is 0.263. The Hall–Kier alpha value is -3.26. The minimum absolute atomic E-state index is 0.414. The molecule has 27 heavy (non-hydrogen) atoms. The molecule has 2 unspecified atom stereocenters. The zero-order valence-electron chi connectivity index (χ0n) is 14.4. The summed E-state index contributed by atoms with van der Waals surface area (Å²) in [6.45, 7) is 0.661. The number of rotatable bonds is 2. The second kappa shape index (κ2) is 8.41. The van der Waals surface area contributed by atoms with Crippen LogP contribution in [0, 0.1) is 0 Å². The molecule has 0 bridgehead atoms. The lowest BCUT2D eigenvalue weighted by atomic mass is 10.0. The molecule has 2 aromatic rings. The van der Waals surface area contributed by atoms with Crippen LogP contribution in [0.4, 0.5) is 15.3 Å². The fourth-order valence-electron chi connectivity index (χ4n) is 3.09. The predicted octanol–water partition coefficient (Wildman–Crippen LogP) is 3.03. The van der Waals surface area contributed by atoms with E-state index >= 15 is 0 Å². The van der Waals surface area contributed by atoms with Gasteiger partial charge in [0.25, 0.3) is 0 Å². The highest BCUT2D eigenvalue weighted by Gasteiger charge is 2.22. The third-order valence-corrected chi connectivity index (χ3v) is 4.27. The van der Waals surface area contributed by atoms with Gasteiger partial charge in [0.1, 0.15) is 0 Å². The van der Waals surface area contributed by atoms with Gasteiger partial charge in [-0.2, -0.15) is 0 Å². The van der Waals surface area contributed by atoms with Gasteiger partial charge in [-0.25, -0.2) is 9.59 Å². The van der Waals surface area contributed by atoms with E-state index in [-0.39, 0.29) is 0 Å². The van der Waals surface area contributed by atoms with Crippen LogP contribution in [0.15, 0.2) is 48.5 Å². The van der Waals surface area contributed by atoms with E-state index in [9.17, 15) is 9.59 Å². The van der Waals surface area contributed by atoms with E-state index in [1.54, 1.807) is 0 Å². The van der Waals surface area contributed by atoms with E-state index in [4.69, 9.17) is 10.2 Å². The molecule has 0 spiro atoms. The first-order chi connectivity index (χ1) is 13.0. The largest absolute Gasteiger partial charge is 0.507 e. The Morgan fingerprint density at radius 3 is 2.04 bits per heavy atom. The topological polar surface area (TPSA) is 117 Å². The van der Waals surface area contributed by atoms with Crippen LogP contribution in [-0.4, -0.2) is 35.0 Å². The highest BCUT2D eigenvalue weighted by molar-refractivity contribution is 5.61. The van der Waals surface area contributed by atoms with Crippen molar-refractivity contribution in [3.8, 4) is 0 Å². The molecular weight excluding hydrogens is 352 g/mol. The van der Waals surface area contributed by atoms with Crippen LogP contribution in [0.5, 0.6) is 0 Å². The summed E-state index contributed by atoms with van der Waals surface area (Å²) in [7, 11) is 0. The van der Waals surface area contributed by atoms with Gasteiger partial charge in [0.15, 0.2) is 12.5 Å². The van der Waals surface area contributed by atoms with Crippen molar-refractivity contribution in [2.75, 3.05) is 5.32 Å². The summed E-state index contributed by atoms with van der Waals surface area (Å²) >= 11 is 0. The Morgan fingerprint density at radius 2 is 1.37 bits per heavy atom. The molecule has 0 aromatic heterocycles. The number of nitrogens with one attached hydrogen (secondary N) is 2. The molecule has 0 saturated heterocycles. The zero-order chi connectivity index (χ0) is 19.2. The lowest BCUT2D eigenvalue weighted by Gasteiger charge is -2.24. The number of carbonyl (C=O) groups is 2. The third-order valence-electron chi connectivity index (χ3n) is 4.27. The lowest BCUT2D eigenvalue weighted by molar-refractivity contribution is 0.0331. The van der Waals surface area contributed by atoms with E-state index in [2.05, 4.69) is 20.1 Å². The number of benzene rings is 2. The monoisotopic (exact) mass is 372 g/mol. The highest BCUT2D eigenvalue weighted by Crippen LogP contribution is 2.25. The quantitative estimate of drug-likeness (QED) is 0.594. The summed E-state index contributed by atoms with van der Waals surface area (Å²) in [5, 5.41) is 22.8. The van der Waals surface area contributed by atoms with E-state index in [0.717, 1.165) is 16.8 Å². The SMILES string of the molecule is O=C(O)OC1Cc2ccccc2CN1.O=C(O)OC1Cc2ccccc2N1. The first-order valence-corrected chi connectivity index (χ1v) is 8.45. The van der Waals surface area contributed by atoms with Crippen molar-refractivity contribution in [2.24, 2.45) is 0 Å². The molecule has 2 aliphatic rings. The summed E-state index contributed by atoms with van der Waals surface area (Å²) in [5.41, 5.74) is 4.40. The van der Waals surface area contributed by atoms with Crippen LogP contribution in [-0.2, 0) is 28.9 Å². The van der Waals surface area contributed by atoms with Gasteiger partial charge in [-0.3, -0.25) is 5.32 Å². The van der Waals surface area contributed by atoms with Gasteiger partial charge in [-0.05, 0) is 22.8 Å². The number of carboxylic acid groups (broad SMARTS) is 2.